The van der Waals surface area contributed by atoms with Gasteiger partial charge in [-0.2, -0.15) is 5.10 Å². The summed E-state index contributed by atoms with van der Waals surface area (Å²) in [6.45, 7) is 2.35. The number of aromatic nitrogens is 6. The Morgan fingerprint density at radius 3 is 2.94 bits per heavy atom. The van der Waals surface area contributed by atoms with Crippen LogP contribution in [-0.2, 0) is 29.8 Å². The first-order valence-electron chi connectivity index (χ1n) is 11.0. The third-order valence-corrected chi connectivity index (χ3v) is 8.79. The minimum atomic E-state index is -0.542. The van der Waals surface area contributed by atoms with E-state index in [1.54, 1.807) is 17.4 Å². The number of rotatable bonds is 2. The number of fused-ring (bicyclic) bond motifs is 7. The van der Waals surface area contributed by atoms with Gasteiger partial charge in [0.05, 0.1) is 23.9 Å². The molecule has 1 spiro atoms. The minimum absolute atomic E-state index is 0.110. The van der Waals surface area contributed by atoms with Gasteiger partial charge in [-0.3, -0.25) is 4.90 Å². The van der Waals surface area contributed by atoms with E-state index in [-0.39, 0.29) is 17.5 Å². The van der Waals surface area contributed by atoms with Crippen molar-refractivity contribution >= 4 is 11.3 Å². The van der Waals surface area contributed by atoms with Crippen LogP contribution in [0.5, 0.6) is 0 Å². The predicted molar refractivity (Wildman–Crippen MR) is 117 cm³/mol. The van der Waals surface area contributed by atoms with Crippen molar-refractivity contribution in [2.75, 3.05) is 6.54 Å². The summed E-state index contributed by atoms with van der Waals surface area (Å²) >= 11 is 1.72. The van der Waals surface area contributed by atoms with E-state index < -0.39 is 5.60 Å². The van der Waals surface area contributed by atoms with Crippen molar-refractivity contribution in [1.29, 1.82) is 0 Å². The van der Waals surface area contributed by atoms with Gasteiger partial charge in [-0.25, -0.2) is 29.0 Å². The van der Waals surface area contributed by atoms with Crippen LogP contribution in [0.15, 0.2) is 43.2 Å². The molecule has 0 radical (unpaired) electrons. The Labute approximate surface area is 192 Å². The fourth-order valence-corrected chi connectivity index (χ4v) is 7.24. The third kappa shape index (κ3) is 2.23. The second kappa shape index (κ2) is 6.07. The zero-order valence-electron chi connectivity index (χ0n) is 17.5. The molecule has 8 nitrogen and oxygen atoms in total. The molecule has 164 valence electrons. The molecule has 3 aromatic heterocycles. The van der Waals surface area contributed by atoms with Gasteiger partial charge in [-0.15, -0.1) is 11.3 Å². The molecule has 8 rings (SSSR count). The molecule has 4 aromatic rings. The van der Waals surface area contributed by atoms with E-state index in [4.69, 9.17) is 9.72 Å². The SMILES string of the molecule is Fc1ccc2c(c1)-c1ncnn1C[C@]21OC2CC21N1CCc2nc(-c3cncnc3)sc2C1. The molecule has 1 saturated heterocycles. The van der Waals surface area contributed by atoms with E-state index in [9.17, 15) is 4.39 Å². The van der Waals surface area contributed by atoms with Crippen LogP contribution in [-0.4, -0.2) is 52.8 Å². The Kier molecular flexibility index (Phi) is 3.38. The van der Waals surface area contributed by atoms with Crippen molar-refractivity contribution in [2.45, 2.75) is 43.2 Å². The van der Waals surface area contributed by atoms with Crippen LogP contribution in [0.1, 0.15) is 22.6 Å². The van der Waals surface area contributed by atoms with Crippen LogP contribution in [0.25, 0.3) is 22.0 Å². The molecule has 3 atom stereocenters. The lowest BCUT2D eigenvalue weighted by Crippen LogP contribution is -2.67. The molecule has 2 fully saturated rings. The molecule has 0 amide bonds. The van der Waals surface area contributed by atoms with E-state index in [0.717, 1.165) is 47.6 Å². The molecule has 4 aliphatic rings. The van der Waals surface area contributed by atoms with Gasteiger partial charge < -0.3 is 4.74 Å². The Balaban J connectivity index is 1.19. The highest BCUT2D eigenvalue weighted by atomic mass is 32.1. The first-order chi connectivity index (χ1) is 16.2. The summed E-state index contributed by atoms with van der Waals surface area (Å²) in [6.07, 6.45) is 8.77. The lowest BCUT2D eigenvalue weighted by molar-refractivity contribution is -0.236. The average molecular weight is 460 g/mol. The van der Waals surface area contributed by atoms with Gasteiger partial charge in [0.25, 0.3) is 0 Å². The molecule has 33 heavy (non-hydrogen) atoms. The maximum absolute atomic E-state index is 14.2. The summed E-state index contributed by atoms with van der Waals surface area (Å²) in [5.41, 5.74) is 3.28. The van der Waals surface area contributed by atoms with Crippen LogP contribution in [0.2, 0.25) is 0 Å². The molecular weight excluding hydrogens is 441 g/mol. The van der Waals surface area contributed by atoms with Crippen LogP contribution in [0.3, 0.4) is 0 Å². The Morgan fingerprint density at radius 1 is 1.18 bits per heavy atom. The molecule has 1 aromatic carbocycles. The fraction of sp³-hybridized carbons (Fsp3) is 0.348. The van der Waals surface area contributed by atoms with Gasteiger partial charge in [0.2, 0.25) is 0 Å². The van der Waals surface area contributed by atoms with Crippen molar-refractivity contribution in [2.24, 2.45) is 0 Å². The van der Waals surface area contributed by atoms with Crippen molar-refractivity contribution in [1.82, 2.24) is 34.6 Å². The Morgan fingerprint density at radius 2 is 2.09 bits per heavy atom. The second-order valence-electron chi connectivity index (χ2n) is 9.18. The molecular formula is C23H18FN7OS. The van der Waals surface area contributed by atoms with E-state index in [2.05, 4.69) is 25.0 Å². The van der Waals surface area contributed by atoms with E-state index >= 15 is 0 Å². The minimum Gasteiger partial charge on any atom is -0.361 e. The van der Waals surface area contributed by atoms with E-state index in [1.807, 2.05) is 23.1 Å². The normalized spacial score (nSPS) is 29.1. The molecule has 1 aliphatic carbocycles. The highest BCUT2D eigenvalue weighted by molar-refractivity contribution is 7.15. The monoisotopic (exact) mass is 459 g/mol. The number of nitrogens with zero attached hydrogens (tertiary/aromatic N) is 7. The number of thiazole rings is 1. The van der Waals surface area contributed by atoms with Gasteiger partial charge in [-0.05, 0) is 24.1 Å². The van der Waals surface area contributed by atoms with Gasteiger partial charge >= 0.3 is 0 Å². The maximum atomic E-state index is 14.2. The lowest BCUT2D eigenvalue weighted by atomic mass is 9.74. The summed E-state index contributed by atoms with van der Waals surface area (Å²) < 4.78 is 22.7. The second-order valence-corrected chi connectivity index (χ2v) is 10.3. The predicted octanol–water partition coefficient (Wildman–Crippen LogP) is 2.81. The van der Waals surface area contributed by atoms with E-state index in [0.29, 0.717) is 12.4 Å². The summed E-state index contributed by atoms with van der Waals surface area (Å²) in [7, 11) is 0. The summed E-state index contributed by atoms with van der Waals surface area (Å²) in [5.74, 6) is 0.432. The van der Waals surface area contributed by atoms with Gasteiger partial charge in [-0.1, -0.05) is 6.07 Å². The number of halogens is 1. The first-order valence-corrected chi connectivity index (χ1v) is 11.8. The number of ether oxygens (including phenoxy) is 1. The molecule has 10 heteroatoms. The van der Waals surface area contributed by atoms with Crippen LogP contribution < -0.4 is 0 Å². The summed E-state index contributed by atoms with van der Waals surface area (Å²) in [4.78, 5) is 21.4. The smallest absolute Gasteiger partial charge is 0.158 e. The van der Waals surface area contributed by atoms with Crippen LogP contribution >= 0.6 is 11.3 Å². The molecule has 2 unspecified atom stereocenters. The largest absolute Gasteiger partial charge is 0.361 e. The Bertz CT molecular complexity index is 1440. The van der Waals surface area contributed by atoms with E-state index in [1.165, 1.54) is 29.3 Å². The highest BCUT2D eigenvalue weighted by Gasteiger charge is 2.82. The highest BCUT2D eigenvalue weighted by Crippen LogP contribution is 2.70. The first kappa shape index (κ1) is 18.4. The number of hydrogen-bond donors (Lipinski definition) is 0. The lowest BCUT2D eigenvalue weighted by Gasteiger charge is -2.56. The number of benzene rings is 1. The van der Waals surface area contributed by atoms with Gasteiger partial charge in [0.15, 0.2) is 5.82 Å². The van der Waals surface area contributed by atoms with Gasteiger partial charge in [0, 0.05) is 47.9 Å². The third-order valence-electron chi connectivity index (χ3n) is 7.66. The quantitative estimate of drug-likeness (QED) is 0.456. The molecule has 0 N–H and O–H groups in total. The fourth-order valence-electron chi connectivity index (χ4n) is 6.14. The standard InChI is InChI=1S/C23H18FN7OS/c24-14-1-2-16-15(5-14)20-27-12-28-31(20)10-23(16)22(6-19(22)32-23)30-4-3-17-18(9-30)33-21(29-17)13-7-25-11-26-8-13/h1-2,5,7-8,11-12,19H,3-4,6,9-10H2/t19?,22?,23-/m0/s1. The zero-order chi connectivity index (χ0) is 21.8. The number of hydrogen-bond acceptors (Lipinski definition) is 8. The van der Waals surface area contributed by atoms with Crippen LogP contribution in [0, 0.1) is 5.82 Å². The van der Waals surface area contributed by atoms with Crippen molar-refractivity contribution in [3.8, 4) is 22.0 Å². The molecule has 0 bridgehead atoms. The van der Waals surface area contributed by atoms with Crippen LogP contribution in [0.4, 0.5) is 4.39 Å². The van der Waals surface area contributed by atoms with Crippen molar-refractivity contribution in [3.63, 3.8) is 0 Å². The zero-order valence-corrected chi connectivity index (χ0v) is 18.3. The van der Waals surface area contributed by atoms with Crippen molar-refractivity contribution < 1.29 is 9.13 Å². The topological polar surface area (TPSA) is 81.9 Å². The molecule has 1 saturated carbocycles. The summed E-state index contributed by atoms with van der Waals surface area (Å²) in [6, 6.07) is 4.98. The van der Waals surface area contributed by atoms with Crippen molar-refractivity contribution in [3.05, 3.63) is 65.2 Å². The summed E-state index contributed by atoms with van der Waals surface area (Å²) in [5, 5.41) is 5.40. The average Bonchev–Trinajstić information content (AvgIpc) is 3.17. The maximum Gasteiger partial charge on any atom is 0.158 e. The molecule has 3 aliphatic heterocycles. The van der Waals surface area contributed by atoms with Gasteiger partial charge in [0.1, 0.15) is 29.1 Å². The Hall–Kier alpha value is -3.08. The molecule has 6 heterocycles.